The van der Waals surface area contributed by atoms with E-state index in [2.05, 4.69) is 0 Å². The molecule has 0 spiro atoms. The molecule has 4 nitrogen and oxygen atoms in total. The number of aliphatic hydroxyl groups excluding tert-OH is 1. The molecule has 0 saturated carbocycles. The third-order valence-corrected chi connectivity index (χ3v) is 1.63. The van der Waals surface area contributed by atoms with Crippen LogP contribution in [-0.4, -0.2) is 29.9 Å². The first kappa shape index (κ1) is 9.06. The lowest BCUT2D eigenvalue weighted by Crippen LogP contribution is -2.36. The molecule has 4 heteroatoms. The molecule has 0 aromatic heterocycles. The maximum absolute atomic E-state index is 10.6. The van der Waals surface area contributed by atoms with Gasteiger partial charge in [0.2, 0.25) is 0 Å². The SMILES string of the molecule is CC(=O)O[C@H]1CC=CO[C@@H]1CO. The summed E-state index contributed by atoms with van der Waals surface area (Å²) in [4.78, 5) is 10.6. The molecule has 1 rings (SSSR count). The van der Waals surface area contributed by atoms with E-state index in [1.54, 1.807) is 6.08 Å². The van der Waals surface area contributed by atoms with E-state index < -0.39 is 6.10 Å². The summed E-state index contributed by atoms with van der Waals surface area (Å²) in [5.41, 5.74) is 0. The Morgan fingerprint density at radius 1 is 1.83 bits per heavy atom. The van der Waals surface area contributed by atoms with E-state index in [0.29, 0.717) is 6.42 Å². The molecule has 1 heterocycles. The average molecular weight is 172 g/mol. The van der Waals surface area contributed by atoms with Crippen LogP contribution in [0.1, 0.15) is 13.3 Å². The fourth-order valence-electron chi connectivity index (χ4n) is 1.08. The van der Waals surface area contributed by atoms with Crippen molar-refractivity contribution in [2.24, 2.45) is 0 Å². The summed E-state index contributed by atoms with van der Waals surface area (Å²) in [6.45, 7) is 1.20. The Bertz CT molecular complexity index is 187. The van der Waals surface area contributed by atoms with E-state index in [1.807, 2.05) is 0 Å². The van der Waals surface area contributed by atoms with E-state index in [1.165, 1.54) is 13.2 Å². The van der Waals surface area contributed by atoms with Gasteiger partial charge in [-0.1, -0.05) is 0 Å². The van der Waals surface area contributed by atoms with Crippen LogP contribution in [-0.2, 0) is 14.3 Å². The van der Waals surface area contributed by atoms with E-state index in [-0.39, 0.29) is 18.7 Å². The van der Waals surface area contributed by atoms with Crippen molar-refractivity contribution >= 4 is 5.97 Å². The number of carbonyl (C=O) groups is 1. The first-order valence-corrected chi connectivity index (χ1v) is 3.82. The molecule has 0 unspecified atom stereocenters. The number of carbonyl (C=O) groups excluding carboxylic acids is 1. The Kier molecular flexibility index (Phi) is 3.10. The normalized spacial score (nSPS) is 27.8. The molecule has 1 aliphatic rings. The second-order valence-electron chi connectivity index (χ2n) is 2.61. The second kappa shape index (κ2) is 4.11. The highest BCUT2D eigenvalue weighted by molar-refractivity contribution is 5.66. The number of hydrogen-bond acceptors (Lipinski definition) is 4. The van der Waals surface area contributed by atoms with Crippen LogP contribution in [0.3, 0.4) is 0 Å². The van der Waals surface area contributed by atoms with Gasteiger partial charge in [0.15, 0.2) is 6.10 Å². The Hall–Kier alpha value is -1.03. The predicted molar refractivity (Wildman–Crippen MR) is 41.3 cm³/mol. The Balaban J connectivity index is 2.49. The van der Waals surface area contributed by atoms with Crippen LogP contribution in [0.2, 0.25) is 0 Å². The number of aliphatic hydroxyl groups is 1. The van der Waals surface area contributed by atoms with E-state index in [9.17, 15) is 4.79 Å². The molecular formula is C8H12O4. The first-order valence-electron chi connectivity index (χ1n) is 3.82. The van der Waals surface area contributed by atoms with Gasteiger partial charge in [0.25, 0.3) is 0 Å². The van der Waals surface area contributed by atoms with Gasteiger partial charge in [0.1, 0.15) is 6.10 Å². The lowest BCUT2D eigenvalue weighted by molar-refractivity contribution is -0.155. The summed E-state index contributed by atoms with van der Waals surface area (Å²) in [5, 5.41) is 8.82. The highest BCUT2D eigenvalue weighted by Crippen LogP contribution is 2.14. The van der Waals surface area contributed by atoms with Crippen LogP contribution in [0.5, 0.6) is 0 Å². The zero-order valence-electron chi connectivity index (χ0n) is 6.90. The molecule has 0 saturated heterocycles. The molecule has 0 radical (unpaired) electrons. The molecule has 1 N–H and O–H groups in total. The number of hydrogen-bond donors (Lipinski definition) is 1. The maximum Gasteiger partial charge on any atom is 0.303 e. The first-order chi connectivity index (χ1) is 5.74. The summed E-state index contributed by atoms with van der Waals surface area (Å²) in [5.74, 6) is -0.350. The van der Waals surface area contributed by atoms with Crippen molar-refractivity contribution in [1.29, 1.82) is 0 Å². The Morgan fingerprint density at radius 2 is 2.58 bits per heavy atom. The molecule has 2 atom stereocenters. The van der Waals surface area contributed by atoms with Gasteiger partial charge >= 0.3 is 5.97 Å². The average Bonchev–Trinajstić information content (AvgIpc) is 2.04. The summed E-state index contributed by atoms with van der Waals surface area (Å²) in [6, 6.07) is 0. The monoisotopic (exact) mass is 172 g/mol. The van der Waals surface area contributed by atoms with Crippen LogP contribution >= 0.6 is 0 Å². The van der Waals surface area contributed by atoms with E-state index >= 15 is 0 Å². The van der Waals surface area contributed by atoms with Gasteiger partial charge in [-0.15, -0.1) is 0 Å². The van der Waals surface area contributed by atoms with E-state index in [0.717, 1.165) is 0 Å². The van der Waals surface area contributed by atoms with Crippen molar-refractivity contribution in [3.8, 4) is 0 Å². The molecule has 0 aliphatic carbocycles. The van der Waals surface area contributed by atoms with Crippen molar-refractivity contribution in [2.45, 2.75) is 25.6 Å². The second-order valence-corrected chi connectivity index (χ2v) is 2.61. The molecule has 0 aromatic carbocycles. The van der Waals surface area contributed by atoms with Gasteiger partial charge in [-0.05, 0) is 6.08 Å². The number of ether oxygens (including phenoxy) is 2. The fourth-order valence-corrected chi connectivity index (χ4v) is 1.08. The van der Waals surface area contributed by atoms with Crippen molar-refractivity contribution in [3.63, 3.8) is 0 Å². The van der Waals surface area contributed by atoms with Crippen molar-refractivity contribution in [3.05, 3.63) is 12.3 Å². The topological polar surface area (TPSA) is 55.8 Å². The minimum Gasteiger partial charge on any atom is -0.492 e. The molecule has 1 aliphatic heterocycles. The van der Waals surface area contributed by atoms with Crippen molar-refractivity contribution in [1.82, 2.24) is 0 Å². The van der Waals surface area contributed by atoms with Gasteiger partial charge in [-0.25, -0.2) is 0 Å². The summed E-state index contributed by atoms with van der Waals surface area (Å²) >= 11 is 0. The molecule has 0 bridgehead atoms. The maximum atomic E-state index is 10.6. The van der Waals surface area contributed by atoms with Crippen molar-refractivity contribution < 1.29 is 19.4 Å². The van der Waals surface area contributed by atoms with Crippen molar-refractivity contribution in [2.75, 3.05) is 6.61 Å². The minimum atomic E-state index is -0.418. The van der Waals surface area contributed by atoms with Crippen LogP contribution < -0.4 is 0 Å². The molecular weight excluding hydrogens is 160 g/mol. The van der Waals surface area contributed by atoms with Gasteiger partial charge in [-0.3, -0.25) is 4.79 Å². The molecule has 0 aromatic rings. The largest absolute Gasteiger partial charge is 0.492 e. The van der Waals surface area contributed by atoms with Gasteiger partial charge < -0.3 is 14.6 Å². The molecule has 0 fully saturated rings. The smallest absolute Gasteiger partial charge is 0.303 e. The van der Waals surface area contributed by atoms with Gasteiger partial charge in [0.05, 0.1) is 12.9 Å². The standard InChI is InChI=1S/C8H12O4/c1-6(10)12-7-3-2-4-11-8(7)5-9/h2,4,7-9H,3,5H2,1H3/t7-,8+/m0/s1. The number of esters is 1. The zero-order valence-corrected chi connectivity index (χ0v) is 6.90. The fraction of sp³-hybridized carbons (Fsp3) is 0.625. The number of rotatable bonds is 2. The quantitative estimate of drug-likeness (QED) is 0.605. The predicted octanol–water partition coefficient (Wildman–Crippen LogP) is 0.213. The lowest BCUT2D eigenvalue weighted by atomic mass is 10.1. The molecule has 68 valence electrons. The third kappa shape index (κ3) is 2.23. The Labute approximate surface area is 70.8 Å². The molecule has 12 heavy (non-hydrogen) atoms. The third-order valence-electron chi connectivity index (χ3n) is 1.63. The minimum absolute atomic E-state index is 0.137. The highest BCUT2D eigenvalue weighted by Gasteiger charge is 2.25. The van der Waals surface area contributed by atoms with Crippen LogP contribution in [0.15, 0.2) is 12.3 Å². The summed E-state index contributed by atoms with van der Waals surface area (Å²) in [6.07, 6.45) is 3.11. The zero-order chi connectivity index (χ0) is 8.97. The van der Waals surface area contributed by atoms with Gasteiger partial charge in [0, 0.05) is 13.3 Å². The van der Waals surface area contributed by atoms with E-state index in [4.69, 9.17) is 14.6 Å². The summed E-state index contributed by atoms with van der Waals surface area (Å²) in [7, 11) is 0. The highest BCUT2D eigenvalue weighted by atomic mass is 16.6. The Morgan fingerprint density at radius 3 is 3.17 bits per heavy atom. The lowest BCUT2D eigenvalue weighted by Gasteiger charge is -2.26. The molecule has 0 amide bonds. The summed E-state index contributed by atoms with van der Waals surface area (Å²) < 4.78 is 9.95. The van der Waals surface area contributed by atoms with Gasteiger partial charge in [-0.2, -0.15) is 0 Å². The van der Waals surface area contributed by atoms with Crippen LogP contribution in [0, 0.1) is 0 Å². The van der Waals surface area contributed by atoms with Crippen LogP contribution in [0.4, 0.5) is 0 Å². The van der Waals surface area contributed by atoms with Crippen LogP contribution in [0.25, 0.3) is 0 Å².